The maximum atomic E-state index is 13.8. The number of thiocarbonyl (C=S) groups is 1. The molecule has 2 aromatic carbocycles. The Morgan fingerprint density at radius 1 is 0.980 bits per heavy atom. The third kappa shape index (κ3) is 10.2. The Balaban J connectivity index is 1.35. The molecule has 17 heteroatoms. The number of nitrogens with one attached hydrogen (secondary N) is 1. The zero-order valence-corrected chi connectivity index (χ0v) is 28.8. The highest BCUT2D eigenvalue weighted by Crippen LogP contribution is 2.42. The van der Waals surface area contributed by atoms with Crippen molar-refractivity contribution in [1.29, 1.82) is 0 Å². The van der Waals surface area contributed by atoms with E-state index in [0.717, 1.165) is 11.8 Å². The van der Waals surface area contributed by atoms with Gasteiger partial charge in [0.05, 0.1) is 35.2 Å². The van der Waals surface area contributed by atoms with Crippen LogP contribution in [-0.2, 0) is 31.5 Å². The molecule has 0 bridgehead atoms. The van der Waals surface area contributed by atoms with Crippen LogP contribution in [0.4, 0.5) is 26.3 Å². The van der Waals surface area contributed by atoms with Crippen molar-refractivity contribution in [2.24, 2.45) is 5.92 Å². The molecule has 2 saturated heterocycles. The number of amides is 2. The van der Waals surface area contributed by atoms with E-state index in [-0.39, 0.29) is 63.7 Å². The summed E-state index contributed by atoms with van der Waals surface area (Å²) in [7, 11) is 0. The summed E-state index contributed by atoms with van der Waals surface area (Å²) in [5, 5.41) is 12.0. The van der Waals surface area contributed by atoms with E-state index >= 15 is 0 Å². The fourth-order valence-corrected chi connectivity index (χ4v) is 7.36. The number of aliphatic carboxylic acids is 1. The predicted octanol–water partition coefficient (Wildman–Crippen LogP) is 6.45. The van der Waals surface area contributed by atoms with E-state index in [1.54, 1.807) is 0 Å². The van der Waals surface area contributed by atoms with Crippen molar-refractivity contribution in [3.8, 4) is 16.9 Å². The van der Waals surface area contributed by atoms with Crippen molar-refractivity contribution in [3.63, 3.8) is 0 Å². The van der Waals surface area contributed by atoms with Gasteiger partial charge in [0.25, 0.3) is 5.91 Å². The molecule has 1 saturated carbocycles. The van der Waals surface area contributed by atoms with E-state index in [2.05, 4.69) is 10.2 Å². The molecule has 276 valence electrons. The molecule has 51 heavy (non-hydrogen) atoms. The quantitative estimate of drug-likeness (QED) is 0.152. The van der Waals surface area contributed by atoms with Crippen LogP contribution < -0.4 is 10.1 Å². The summed E-state index contributed by atoms with van der Waals surface area (Å²) in [6.45, 7) is 2.89. The van der Waals surface area contributed by atoms with Gasteiger partial charge in [0.2, 0.25) is 5.91 Å². The molecule has 3 fully saturated rings. The highest BCUT2D eigenvalue weighted by atomic mass is 32.2. The van der Waals surface area contributed by atoms with Crippen LogP contribution in [0.3, 0.4) is 0 Å². The number of carbonyl (C=O) groups is 3. The lowest BCUT2D eigenvalue weighted by molar-refractivity contribution is -0.144. The summed E-state index contributed by atoms with van der Waals surface area (Å²) >= 11 is 6.33. The monoisotopic (exact) mass is 759 g/mol. The second-order valence-corrected chi connectivity index (χ2v) is 14.1. The summed E-state index contributed by atoms with van der Waals surface area (Å²) < 4.78 is 94.1. The standard InChI is InChI=1S/C34H35F6N3O6S2/c35-33(36,37)23-17-22(18-24(19-23)34(38,39)40)26-15-20(1-6-27(26)49-14-11-42-9-12-48-13-10-42)16-28-30(45)43(32(50)51-28)8-7-29(44)41-25-4-2-21(3-5-25)31(46)47/h1,6,15-19,21,25H,2-5,7-14H2,(H,41,44)(H,46,47)/b28-16-. The fraction of sp³-hybridized carbons (Fsp3) is 0.471. The van der Waals surface area contributed by atoms with E-state index in [1.807, 2.05) is 0 Å². The van der Waals surface area contributed by atoms with Crippen LogP contribution in [0.15, 0.2) is 41.3 Å². The number of nitrogens with zero attached hydrogens (tertiary/aromatic N) is 2. The first kappa shape index (κ1) is 38.6. The number of hydrogen-bond acceptors (Lipinski definition) is 8. The van der Waals surface area contributed by atoms with Crippen molar-refractivity contribution in [1.82, 2.24) is 15.1 Å². The van der Waals surface area contributed by atoms with Gasteiger partial charge in [-0.15, -0.1) is 0 Å². The lowest BCUT2D eigenvalue weighted by Crippen LogP contribution is -2.40. The Morgan fingerprint density at radius 3 is 2.24 bits per heavy atom. The van der Waals surface area contributed by atoms with Gasteiger partial charge in [-0.1, -0.05) is 30.0 Å². The largest absolute Gasteiger partial charge is 0.492 e. The molecular weight excluding hydrogens is 725 g/mol. The van der Waals surface area contributed by atoms with Crippen LogP contribution in [0.2, 0.25) is 0 Å². The normalized spacial score (nSPS) is 21.3. The minimum absolute atomic E-state index is 0.0239. The highest BCUT2D eigenvalue weighted by molar-refractivity contribution is 8.26. The number of morpholine rings is 1. The topological polar surface area (TPSA) is 108 Å². The molecule has 0 spiro atoms. The van der Waals surface area contributed by atoms with Gasteiger partial charge in [-0.3, -0.25) is 24.2 Å². The number of alkyl halides is 6. The zero-order valence-electron chi connectivity index (χ0n) is 27.1. The average molecular weight is 760 g/mol. The van der Waals surface area contributed by atoms with Crippen molar-refractivity contribution in [3.05, 3.63) is 58.0 Å². The predicted molar refractivity (Wildman–Crippen MR) is 181 cm³/mol. The number of rotatable bonds is 11. The van der Waals surface area contributed by atoms with Gasteiger partial charge in [-0.05, 0) is 73.2 Å². The Labute approximate surface area is 299 Å². The molecule has 5 rings (SSSR count). The average Bonchev–Trinajstić information content (AvgIpc) is 3.34. The van der Waals surface area contributed by atoms with Gasteiger partial charge >= 0.3 is 18.3 Å². The lowest BCUT2D eigenvalue weighted by Gasteiger charge is -2.27. The van der Waals surface area contributed by atoms with Crippen molar-refractivity contribution in [2.75, 3.05) is 46.0 Å². The first-order chi connectivity index (χ1) is 24.1. The number of ether oxygens (including phenoxy) is 2. The molecule has 2 amide bonds. The molecule has 2 heterocycles. The third-order valence-electron chi connectivity index (χ3n) is 8.85. The number of carboxylic acids is 1. The molecule has 2 aromatic rings. The molecule has 3 aliphatic rings. The van der Waals surface area contributed by atoms with Gasteiger partial charge in [0.1, 0.15) is 16.7 Å². The Kier molecular flexibility index (Phi) is 12.4. The zero-order chi connectivity index (χ0) is 36.9. The van der Waals surface area contributed by atoms with Crippen LogP contribution in [-0.4, -0.2) is 89.1 Å². The molecule has 0 atom stereocenters. The SMILES string of the molecule is O=C(CCN1C(=O)/C(=C/c2ccc(OCCN3CCOCC3)c(-c3cc(C(F)(F)F)cc(C(F)(F)F)c3)c2)SC1=S)NC1CCC(C(=O)O)CC1. The minimum atomic E-state index is -5.06. The summed E-state index contributed by atoms with van der Waals surface area (Å²) in [6, 6.07) is 5.48. The molecule has 1 aliphatic carbocycles. The number of thioether (sulfide) groups is 1. The van der Waals surface area contributed by atoms with E-state index in [0.29, 0.717) is 76.2 Å². The molecular formula is C34H35F6N3O6S2. The Morgan fingerprint density at radius 2 is 1.63 bits per heavy atom. The molecule has 0 unspecified atom stereocenters. The number of halogens is 6. The molecule has 0 aromatic heterocycles. The van der Waals surface area contributed by atoms with Crippen molar-refractivity contribution < 1.29 is 55.3 Å². The third-order valence-corrected chi connectivity index (χ3v) is 10.2. The smallest absolute Gasteiger partial charge is 0.416 e. The van der Waals surface area contributed by atoms with E-state index in [1.165, 1.54) is 29.2 Å². The second-order valence-electron chi connectivity index (χ2n) is 12.4. The van der Waals surface area contributed by atoms with Gasteiger partial charge < -0.3 is 19.9 Å². The number of carboxylic acid groups (broad SMARTS) is 1. The van der Waals surface area contributed by atoms with E-state index in [9.17, 15) is 45.8 Å². The number of hydrogen-bond donors (Lipinski definition) is 2. The first-order valence-corrected chi connectivity index (χ1v) is 17.5. The van der Waals surface area contributed by atoms with Crippen LogP contribution >= 0.6 is 24.0 Å². The maximum Gasteiger partial charge on any atom is 0.416 e. The molecule has 2 aliphatic heterocycles. The molecule has 0 radical (unpaired) electrons. The van der Waals surface area contributed by atoms with Crippen LogP contribution in [0, 0.1) is 5.92 Å². The highest BCUT2D eigenvalue weighted by Gasteiger charge is 2.38. The lowest BCUT2D eigenvalue weighted by atomic mass is 9.86. The minimum Gasteiger partial charge on any atom is -0.492 e. The summed E-state index contributed by atoms with van der Waals surface area (Å²) in [5.74, 6) is -2.05. The summed E-state index contributed by atoms with van der Waals surface area (Å²) in [5.41, 5.74) is -3.06. The summed E-state index contributed by atoms with van der Waals surface area (Å²) in [6.07, 6.45) is -6.77. The van der Waals surface area contributed by atoms with Crippen LogP contribution in [0.5, 0.6) is 5.75 Å². The Hall–Kier alpha value is -3.67. The van der Waals surface area contributed by atoms with Gasteiger partial charge in [0, 0.05) is 44.2 Å². The van der Waals surface area contributed by atoms with Gasteiger partial charge in [-0.2, -0.15) is 26.3 Å². The van der Waals surface area contributed by atoms with E-state index < -0.39 is 41.3 Å². The van der Waals surface area contributed by atoms with Crippen LogP contribution in [0.25, 0.3) is 17.2 Å². The molecule has 2 N–H and O–H groups in total. The molecule has 9 nitrogen and oxygen atoms in total. The Bertz CT molecular complexity index is 1640. The number of carbonyl (C=O) groups excluding carboxylic acids is 2. The fourth-order valence-electron chi connectivity index (χ4n) is 6.05. The van der Waals surface area contributed by atoms with Crippen LogP contribution in [0.1, 0.15) is 48.8 Å². The first-order valence-electron chi connectivity index (χ1n) is 16.2. The van der Waals surface area contributed by atoms with Gasteiger partial charge in [0.15, 0.2) is 0 Å². The van der Waals surface area contributed by atoms with Crippen molar-refractivity contribution in [2.45, 2.75) is 50.5 Å². The van der Waals surface area contributed by atoms with Crippen molar-refractivity contribution >= 4 is 52.2 Å². The number of benzene rings is 2. The van der Waals surface area contributed by atoms with E-state index in [4.69, 9.17) is 21.7 Å². The second kappa shape index (κ2) is 16.3. The maximum absolute atomic E-state index is 13.8. The summed E-state index contributed by atoms with van der Waals surface area (Å²) in [4.78, 5) is 40.6. The van der Waals surface area contributed by atoms with Gasteiger partial charge in [-0.25, -0.2) is 0 Å².